The lowest BCUT2D eigenvalue weighted by molar-refractivity contribution is 0.0683. The van der Waals surface area contributed by atoms with Gasteiger partial charge in [-0.2, -0.15) is 0 Å². The summed E-state index contributed by atoms with van der Waals surface area (Å²) in [6.45, 7) is 0. The van der Waals surface area contributed by atoms with Gasteiger partial charge in [0.1, 0.15) is 0 Å². The van der Waals surface area contributed by atoms with E-state index < -0.39 is 23.9 Å². The Balaban J connectivity index is 1.44. The number of rotatable bonds is 10. The number of carboxylic acids is 2. The number of hydrogen-bond acceptors (Lipinski definition) is 4. The van der Waals surface area contributed by atoms with Gasteiger partial charge in [0, 0.05) is 10.4 Å². The van der Waals surface area contributed by atoms with Crippen molar-refractivity contribution in [3.8, 4) is 0 Å². The van der Waals surface area contributed by atoms with Crippen LogP contribution in [0.25, 0.3) is 23.1 Å². The van der Waals surface area contributed by atoms with Crippen molar-refractivity contribution in [2.75, 3.05) is 0 Å². The van der Waals surface area contributed by atoms with Crippen molar-refractivity contribution < 1.29 is 24.6 Å². The molecule has 1 unspecified atom stereocenters. The molecule has 5 rings (SSSR count). The van der Waals surface area contributed by atoms with Crippen molar-refractivity contribution in [3.05, 3.63) is 147 Å². The van der Waals surface area contributed by atoms with Gasteiger partial charge in [-0.3, -0.25) is 4.79 Å². The number of aromatic nitrogens is 1. The molecule has 3 N–H and O–H groups in total. The molecular formula is C35H27ClN2O5. The number of carbonyl (C=O) groups is 3. The third-order valence-corrected chi connectivity index (χ3v) is 7.33. The number of aromatic carboxylic acids is 2. The zero-order valence-electron chi connectivity index (χ0n) is 22.9. The molecule has 0 radical (unpaired) electrons. The number of fused-ring (bicyclic) bond motifs is 1. The maximum Gasteiger partial charge on any atom is 0.336 e. The third-order valence-electron chi connectivity index (χ3n) is 7.09. The summed E-state index contributed by atoms with van der Waals surface area (Å²) in [7, 11) is 0. The quantitative estimate of drug-likeness (QED) is 0.154. The fourth-order valence-corrected chi connectivity index (χ4v) is 5.10. The number of carbonyl (C=O) groups excluding carboxylic acids is 1. The zero-order valence-corrected chi connectivity index (χ0v) is 23.7. The molecule has 0 aliphatic heterocycles. The number of pyridine rings is 1. The number of benzene rings is 4. The summed E-state index contributed by atoms with van der Waals surface area (Å²) in [5.41, 5.74) is 3.97. The zero-order chi connectivity index (χ0) is 30.3. The first kappa shape index (κ1) is 29.2. The number of halogens is 1. The van der Waals surface area contributed by atoms with Crippen LogP contribution in [0.1, 0.15) is 65.9 Å². The number of nitrogens with one attached hydrogen (secondary N) is 1. The topological polar surface area (TPSA) is 117 Å². The number of carboxylic acid groups (broad SMARTS) is 2. The Morgan fingerprint density at radius 1 is 0.767 bits per heavy atom. The van der Waals surface area contributed by atoms with Crippen LogP contribution in [0.3, 0.4) is 0 Å². The smallest absolute Gasteiger partial charge is 0.336 e. The van der Waals surface area contributed by atoms with Gasteiger partial charge in [0.25, 0.3) is 5.91 Å². The molecule has 0 aliphatic rings. The summed E-state index contributed by atoms with van der Waals surface area (Å²) in [6.07, 6.45) is 4.56. The van der Waals surface area contributed by atoms with E-state index >= 15 is 0 Å². The summed E-state index contributed by atoms with van der Waals surface area (Å²) in [6, 6.07) is 29.3. The van der Waals surface area contributed by atoms with Crippen LogP contribution in [-0.2, 0) is 6.42 Å². The predicted molar refractivity (Wildman–Crippen MR) is 167 cm³/mol. The van der Waals surface area contributed by atoms with Crippen LogP contribution in [0.2, 0.25) is 5.02 Å². The van der Waals surface area contributed by atoms with Gasteiger partial charge in [0.2, 0.25) is 0 Å². The normalized spacial score (nSPS) is 11.8. The first-order valence-corrected chi connectivity index (χ1v) is 13.9. The van der Waals surface area contributed by atoms with Gasteiger partial charge in [-0.25, -0.2) is 14.6 Å². The van der Waals surface area contributed by atoms with Crippen LogP contribution >= 0.6 is 11.6 Å². The highest BCUT2D eigenvalue weighted by Gasteiger charge is 2.21. The third kappa shape index (κ3) is 7.15. The van der Waals surface area contributed by atoms with Gasteiger partial charge in [0.15, 0.2) is 0 Å². The van der Waals surface area contributed by atoms with Crippen LogP contribution in [0, 0.1) is 0 Å². The largest absolute Gasteiger partial charge is 0.478 e. The molecule has 0 saturated heterocycles. The minimum atomic E-state index is -1.20. The number of nitrogens with zero attached hydrogens (tertiary/aromatic N) is 1. The summed E-state index contributed by atoms with van der Waals surface area (Å²) >= 11 is 6.13. The van der Waals surface area contributed by atoms with Crippen LogP contribution in [0.15, 0.2) is 103 Å². The molecule has 0 bridgehead atoms. The monoisotopic (exact) mass is 590 g/mol. The SMILES string of the molecule is O=C(O)c1ccccc1CCC(NC(=O)c1ccccc1C(=O)O)c1cccc(/C=C/c2ccc3ccc(Cl)cc3n2)c1. The van der Waals surface area contributed by atoms with Crippen molar-refractivity contribution in [3.63, 3.8) is 0 Å². The summed E-state index contributed by atoms with van der Waals surface area (Å²) in [4.78, 5) is 41.6. The molecule has 1 aromatic heterocycles. The summed E-state index contributed by atoms with van der Waals surface area (Å²) in [5, 5.41) is 23.8. The van der Waals surface area contributed by atoms with E-state index in [1.807, 2.05) is 66.7 Å². The number of amides is 1. The maximum absolute atomic E-state index is 13.4. The van der Waals surface area contributed by atoms with E-state index in [9.17, 15) is 24.6 Å². The summed E-state index contributed by atoms with van der Waals surface area (Å²) in [5.74, 6) is -2.76. The molecule has 0 fully saturated rings. The Morgan fingerprint density at radius 2 is 1.47 bits per heavy atom. The molecule has 5 aromatic rings. The van der Waals surface area contributed by atoms with E-state index in [1.54, 1.807) is 36.4 Å². The lowest BCUT2D eigenvalue weighted by Gasteiger charge is -2.21. The Bertz CT molecular complexity index is 1870. The van der Waals surface area contributed by atoms with Gasteiger partial charge >= 0.3 is 11.9 Å². The van der Waals surface area contributed by atoms with Gasteiger partial charge in [-0.1, -0.05) is 78.3 Å². The highest BCUT2D eigenvalue weighted by molar-refractivity contribution is 6.31. The standard InChI is InChI=1S/C35H27ClN2O5/c36-26-16-13-24-14-18-27(37-32(24)21-26)17-12-22-6-5-8-25(20-22)31(19-15-23-7-1-2-9-28(23)34(40)41)38-33(39)29-10-3-4-11-30(29)35(42)43/h1-14,16-18,20-21,31H,15,19H2,(H,38,39)(H,40,41)(H,42,43)/b17-12+. The maximum atomic E-state index is 13.4. The minimum Gasteiger partial charge on any atom is -0.478 e. The van der Waals surface area contributed by atoms with E-state index in [0.717, 1.165) is 27.7 Å². The van der Waals surface area contributed by atoms with Gasteiger partial charge in [-0.15, -0.1) is 0 Å². The molecule has 1 amide bonds. The second-order valence-corrected chi connectivity index (χ2v) is 10.4. The van der Waals surface area contributed by atoms with Crippen molar-refractivity contribution in [1.29, 1.82) is 0 Å². The highest BCUT2D eigenvalue weighted by Crippen LogP contribution is 2.25. The molecule has 0 saturated carbocycles. The van der Waals surface area contributed by atoms with Crippen LogP contribution < -0.4 is 5.32 Å². The average Bonchev–Trinajstić information content (AvgIpc) is 3.01. The van der Waals surface area contributed by atoms with E-state index in [2.05, 4.69) is 10.3 Å². The van der Waals surface area contributed by atoms with Crippen LogP contribution in [-0.4, -0.2) is 33.0 Å². The van der Waals surface area contributed by atoms with Crippen LogP contribution in [0.5, 0.6) is 0 Å². The number of aryl methyl sites for hydroxylation is 1. The summed E-state index contributed by atoms with van der Waals surface area (Å²) < 4.78 is 0. The average molecular weight is 591 g/mol. The lowest BCUT2D eigenvalue weighted by atomic mass is 9.94. The second kappa shape index (κ2) is 13.1. The van der Waals surface area contributed by atoms with E-state index in [1.165, 1.54) is 12.1 Å². The first-order valence-electron chi connectivity index (χ1n) is 13.6. The predicted octanol–water partition coefficient (Wildman–Crippen LogP) is 7.56. The molecule has 0 aliphatic carbocycles. The molecule has 43 heavy (non-hydrogen) atoms. The van der Waals surface area contributed by atoms with Crippen LogP contribution in [0.4, 0.5) is 0 Å². The fourth-order valence-electron chi connectivity index (χ4n) is 4.93. The Hall–Kier alpha value is -5.27. The molecule has 4 aromatic carbocycles. The van der Waals surface area contributed by atoms with E-state index in [0.29, 0.717) is 23.4 Å². The van der Waals surface area contributed by atoms with Crippen molar-refractivity contribution >= 4 is 52.5 Å². The molecule has 8 heteroatoms. The molecular weight excluding hydrogens is 564 g/mol. The minimum absolute atomic E-state index is 0.0458. The Morgan fingerprint density at radius 3 is 2.23 bits per heavy atom. The molecule has 1 heterocycles. The lowest BCUT2D eigenvalue weighted by Crippen LogP contribution is -2.30. The fraction of sp³-hybridized carbons (Fsp3) is 0.0857. The molecule has 0 spiro atoms. The van der Waals surface area contributed by atoms with Crippen molar-refractivity contribution in [1.82, 2.24) is 10.3 Å². The van der Waals surface area contributed by atoms with Gasteiger partial charge in [0.05, 0.1) is 33.9 Å². The highest BCUT2D eigenvalue weighted by atomic mass is 35.5. The molecule has 7 nitrogen and oxygen atoms in total. The second-order valence-electron chi connectivity index (χ2n) is 9.95. The van der Waals surface area contributed by atoms with Gasteiger partial charge in [-0.05, 0) is 78.1 Å². The Kier molecular flexibility index (Phi) is 8.93. The van der Waals surface area contributed by atoms with Crippen molar-refractivity contribution in [2.45, 2.75) is 18.9 Å². The first-order chi connectivity index (χ1) is 20.8. The van der Waals surface area contributed by atoms with E-state index in [4.69, 9.17) is 11.6 Å². The number of hydrogen-bond donors (Lipinski definition) is 3. The Labute approximate surface area is 253 Å². The van der Waals surface area contributed by atoms with Crippen molar-refractivity contribution in [2.24, 2.45) is 0 Å². The van der Waals surface area contributed by atoms with E-state index in [-0.39, 0.29) is 16.7 Å². The molecule has 1 atom stereocenters. The van der Waals surface area contributed by atoms with Gasteiger partial charge < -0.3 is 15.5 Å². The molecule has 214 valence electrons.